The highest BCUT2D eigenvalue weighted by Gasteiger charge is 2.17. The fourth-order valence-electron chi connectivity index (χ4n) is 3.77. The molecule has 8 nitrogen and oxygen atoms in total. The van der Waals surface area contributed by atoms with E-state index in [4.69, 9.17) is 10.5 Å². The number of ether oxygens (including phenoxy) is 1. The Balaban J connectivity index is 1.44. The predicted octanol–water partition coefficient (Wildman–Crippen LogP) is 2.96. The Kier molecular flexibility index (Phi) is 7.19. The summed E-state index contributed by atoms with van der Waals surface area (Å²) in [5.74, 6) is -0.800. The maximum absolute atomic E-state index is 13.1. The number of aldehydes is 1. The smallest absolute Gasteiger partial charge is 0.272 e. The average molecular weight is 459 g/mol. The molecule has 0 unspecified atom stereocenters. The summed E-state index contributed by atoms with van der Waals surface area (Å²) in [7, 11) is 0. The van der Waals surface area contributed by atoms with E-state index in [2.05, 4.69) is 10.3 Å². The molecule has 0 bridgehead atoms. The number of carbonyl (C=O) groups is 3. The minimum atomic E-state index is -0.481. The van der Waals surface area contributed by atoms with Crippen LogP contribution in [-0.2, 0) is 9.53 Å². The lowest BCUT2D eigenvalue weighted by Crippen LogP contribution is -2.38. The van der Waals surface area contributed by atoms with E-state index >= 15 is 0 Å². The Morgan fingerprint density at radius 3 is 1.97 bits per heavy atom. The number of benzene rings is 3. The van der Waals surface area contributed by atoms with Gasteiger partial charge in [-0.3, -0.25) is 15.0 Å². The van der Waals surface area contributed by atoms with Gasteiger partial charge >= 0.3 is 0 Å². The van der Waals surface area contributed by atoms with Gasteiger partial charge in [0.15, 0.2) is 0 Å². The first-order valence-corrected chi connectivity index (χ1v) is 11.0. The van der Waals surface area contributed by atoms with Crippen LogP contribution < -0.4 is 16.1 Å². The Labute approximate surface area is 197 Å². The van der Waals surface area contributed by atoms with Crippen LogP contribution in [-0.4, -0.2) is 56.0 Å². The number of hydrazine groups is 1. The van der Waals surface area contributed by atoms with Gasteiger partial charge in [-0.1, -0.05) is 24.3 Å². The van der Waals surface area contributed by atoms with Crippen LogP contribution in [0.2, 0.25) is 0 Å². The molecule has 0 spiro atoms. The maximum atomic E-state index is 13.1. The van der Waals surface area contributed by atoms with Crippen molar-refractivity contribution in [1.82, 2.24) is 5.01 Å². The first kappa shape index (κ1) is 23.0. The van der Waals surface area contributed by atoms with Crippen molar-refractivity contribution in [2.45, 2.75) is 0 Å². The third kappa shape index (κ3) is 5.41. The van der Waals surface area contributed by atoms with Crippen molar-refractivity contribution in [3.05, 3.63) is 83.9 Å². The number of nitrogens with zero attached hydrogens (tertiary/aromatic N) is 2. The van der Waals surface area contributed by atoms with E-state index in [1.165, 1.54) is 5.01 Å². The van der Waals surface area contributed by atoms with E-state index in [9.17, 15) is 14.4 Å². The quantitative estimate of drug-likeness (QED) is 0.397. The van der Waals surface area contributed by atoms with Gasteiger partial charge in [-0.2, -0.15) is 0 Å². The summed E-state index contributed by atoms with van der Waals surface area (Å²) >= 11 is 0. The van der Waals surface area contributed by atoms with Crippen LogP contribution in [0, 0.1) is 0 Å². The second-order valence-electron chi connectivity index (χ2n) is 7.86. The summed E-state index contributed by atoms with van der Waals surface area (Å²) < 4.78 is 5.39. The highest BCUT2D eigenvalue weighted by atomic mass is 16.5. The molecule has 1 aliphatic rings. The Hall–Kier alpha value is -4.17. The highest BCUT2D eigenvalue weighted by Crippen LogP contribution is 2.22. The molecule has 0 aliphatic carbocycles. The number of amides is 2. The molecular weight excluding hydrogens is 432 g/mol. The fraction of sp³-hybridized carbons (Fsp3) is 0.192. The second-order valence-corrected chi connectivity index (χ2v) is 7.86. The zero-order valence-electron chi connectivity index (χ0n) is 18.6. The molecule has 1 heterocycles. The molecule has 174 valence electrons. The van der Waals surface area contributed by atoms with Gasteiger partial charge in [0.05, 0.1) is 25.4 Å². The Bertz CT molecular complexity index is 1140. The molecule has 4 rings (SSSR count). The number of hydrogen-bond acceptors (Lipinski definition) is 6. The molecule has 3 aromatic rings. The number of primary amides is 1. The molecule has 3 N–H and O–H groups in total. The first-order valence-electron chi connectivity index (χ1n) is 11.0. The zero-order chi connectivity index (χ0) is 23.9. The van der Waals surface area contributed by atoms with Crippen LogP contribution in [0.4, 0.5) is 11.4 Å². The van der Waals surface area contributed by atoms with Crippen molar-refractivity contribution in [3.63, 3.8) is 0 Å². The van der Waals surface area contributed by atoms with E-state index in [0.717, 1.165) is 29.9 Å². The lowest BCUT2D eigenvalue weighted by molar-refractivity contribution is -0.108. The number of rotatable bonds is 8. The molecule has 1 saturated heterocycles. The van der Waals surface area contributed by atoms with Gasteiger partial charge in [-0.15, -0.1) is 0 Å². The molecule has 0 aromatic heterocycles. The lowest BCUT2D eigenvalue weighted by atomic mass is 10.0. The third-order valence-corrected chi connectivity index (χ3v) is 5.64. The van der Waals surface area contributed by atoms with E-state index in [-0.39, 0.29) is 12.5 Å². The Morgan fingerprint density at radius 1 is 0.882 bits per heavy atom. The fourth-order valence-corrected chi connectivity index (χ4v) is 3.77. The summed E-state index contributed by atoms with van der Waals surface area (Å²) in [6.45, 7) is 3.00. The normalized spacial score (nSPS) is 13.2. The standard InChI is InChI=1S/C26H26N4O4/c27-25(32)21-5-1-19(2-6-21)20-3-7-22(8-4-20)26(33)30(13-16-31)28-23-9-11-24(12-10-23)29-14-17-34-18-15-29/h1-12,16,28H,13-15,17-18H2,(H2,27,32). The average Bonchev–Trinajstić information content (AvgIpc) is 2.89. The molecule has 3 aromatic carbocycles. The van der Waals surface area contributed by atoms with Gasteiger partial charge in [0.2, 0.25) is 5.91 Å². The molecule has 0 radical (unpaired) electrons. The topological polar surface area (TPSA) is 105 Å². The van der Waals surface area contributed by atoms with Gasteiger partial charge < -0.3 is 20.2 Å². The number of morpholine rings is 1. The van der Waals surface area contributed by atoms with Crippen LogP contribution in [0.15, 0.2) is 72.8 Å². The minimum Gasteiger partial charge on any atom is -0.378 e. The van der Waals surface area contributed by atoms with Crippen LogP contribution in [0.5, 0.6) is 0 Å². The Morgan fingerprint density at radius 2 is 1.44 bits per heavy atom. The van der Waals surface area contributed by atoms with Crippen molar-refractivity contribution in [1.29, 1.82) is 0 Å². The summed E-state index contributed by atoms with van der Waals surface area (Å²) in [6, 6.07) is 21.7. The van der Waals surface area contributed by atoms with Crippen molar-refractivity contribution < 1.29 is 19.1 Å². The van der Waals surface area contributed by atoms with Crippen molar-refractivity contribution in [2.75, 3.05) is 43.2 Å². The van der Waals surface area contributed by atoms with E-state index < -0.39 is 5.91 Å². The van der Waals surface area contributed by atoms with Gasteiger partial charge in [-0.05, 0) is 59.7 Å². The molecule has 34 heavy (non-hydrogen) atoms. The van der Waals surface area contributed by atoms with E-state index in [0.29, 0.717) is 36.3 Å². The van der Waals surface area contributed by atoms with Gasteiger partial charge in [0, 0.05) is 29.9 Å². The molecule has 0 saturated carbocycles. The molecule has 8 heteroatoms. The molecule has 2 amide bonds. The van der Waals surface area contributed by atoms with Crippen molar-refractivity contribution in [2.24, 2.45) is 5.73 Å². The first-order chi connectivity index (χ1) is 16.5. The van der Waals surface area contributed by atoms with Crippen LogP contribution in [0.25, 0.3) is 11.1 Å². The zero-order valence-corrected chi connectivity index (χ0v) is 18.6. The lowest BCUT2D eigenvalue weighted by Gasteiger charge is -2.29. The summed E-state index contributed by atoms with van der Waals surface area (Å²) in [5, 5.41) is 1.29. The number of hydrogen-bond donors (Lipinski definition) is 2. The van der Waals surface area contributed by atoms with Crippen LogP contribution >= 0.6 is 0 Å². The van der Waals surface area contributed by atoms with E-state index in [1.807, 2.05) is 36.4 Å². The third-order valence-electron chi connectivity index (χ3n) is 5.64. The highest BCUT2D eigenvalue weighted by molar-refractivity contribution is 5.96. The number of carbonyl (C=O) groups excluding carboxylic acids is 3. The van der Waals surface area contributed by atoms with Gasteiger partial charge in [0.25, 0.3) is 5.91 Å². The molecule has 1 aliphatic heterocycles. The van der Waals surface area contributed by atoms with Gasteiger partial charge in [-0.25, -0.2) is 5.01 Å². The summed E-state index contributed by atoms with van der Waals surface area (Å²) in [6.07, 6.45) is 0.682. The monoisotopic (exact) mass is 458 g/mol. The van der Waals surface area contributed by atoms with E-state index in [1.54, 1.807) is 36.4 Å². The maximum Gasteiger partial charge on any atom is 0.272 e. The number of nitrogens with two attached hydrogens (primary N) is 1. The van der Waals surface area contributed by atoms with Gasteiger partial charge in [0.1, 0.15) is 6.29 Å². The molecular formula is C26H26N4O4. The largest absolute Gasteiger partial charge is 0.378 e. The summed E-state index contributed by atoms with van der Waals surface area (Å²) in [5.41, 5.74) is 12.8. The molecule has 1 fully saturated rings. The summed E-state index contributed by atoms with van der Waals surface area (Å²) in [4.78, 5) is 37.8. The predicted molar refractivity (Wildman–Crippen MR) is 131 cm³/mol. The van der Waals surface area contributed by atoms with Crippen molar-refractivity contribution >= 4 is 29.5 Å². The van der Waals surface area contributed by atoms with Crippen LogP contribution in [0.3, 0.4) is 0 Å². The SMILES string of the molecule is NC(=O)c1ccc(-c2ccc(C(=O)N(CC=O)Nc3ccc(N4CCOCC4)cc3)cc2)cc1. The number of anilines is 2. The van der Waals surface area contributed by atoms with Crippen LogP contribution in [0.1, 0.15) is 20.7 Å². The molecule has 0 atom stereocenters. The minimum absolute atomic E-state index is 0.0968. The number of nitrogens with one attached hydrogen (secondary N) is 1. The second kappa shape index (κ2) is 10.6. The van der Waals surface area contributed by atoms with Crippen molar-refractivity contribution in [3.8, 4) is 11.1 Å².